The lowest BCUT2D eigenvalue weighted by Crippen LogP contribution is -2.09. The number of hydrogen-bond donors (Lipinski definition) is 1. The lowest BCUT2D eigenvalue weighted by atomic mass is 10.2. The highest BCUT2D eigenvalue weighted by Gasteiger charge is 2.20. The lowest BCUT2D eigenvalue weighted by molar-refractivity contribution is 0.410. The number of halogens is 5. The molecule has 2 aromatic heterocycles. The smallest absolute Gasteiger partial charge is 0.253 e. The van der Waals surface area contributed by atoms with E-state index in [1.807, 2.05) is 0 Å². The Morgan fingerprint density at radius 3 is 2.21 bits per heavy atom. The van der Waals surface area contributed by atoms with Gasteiger partial charge in [-0.2, -0.15) is 22.5 Å². The van der Waals surface area contributed by atoms with Crippen molar-refractivity contribution in [1.82, 2.24) is 9.97 Å². The standard InChI is InChI=1S/C11H6ClF4N3/c12-6-2-1-5(3-17-6)4-18-9-7(13)10(15)19-11(16)8(9)14/h1-3H,4H2,(H,18,19). The van der Waals surface area contributed by atoms with Crippen molar-refractivity contribution in [1.29, 1.82) is 0 Å². The van der Waals surface area contributed by atoms with Gasteiger partial charge in [0.05, 0.1) is 0 Å². The minimum atomic E-state index is -1.71. The molecule has 0 aliphatic heterocycles. The van der Waals surface area contributed by atoms with Crippen LogP contribution in [-0.4, -0.2) is 9.97 Å². The van der Waals surface area contributed by atoms with E-state index < -0.39 is 29.2 Å². The first-order chi connectivity index (χ1) is 8.99. The van der Waals surface area contributed by atoms with Crippen LogP contribution in [-0.2, 0) is 6.54 Å². The van der Waals surface area contributed by atoms with Crippen molar-refractivity contribution in [3.63, 3.8) is 0 Å². The Kier molecular flexibility index (Phi) is 3.84. The molecule has 0 radical (unpaired) electrons. The van der Waals surface area contributed by atoms with Gasteiger partial charge in [0.25, 0.3) is 11.9 Å². The molecule has 0 atom stereocenters. The number of nitrogens with zero attached hydrogens (tertiary/aromatic N) is 2. The minimum Gasteiger partial charge on any atom is -0.376 e. The maximum absolute atomic E-state index is 13.3. The van der Waals surface area contributed by atoms with Crippen molar-refractivity contribution in [3.05, 3.63) is 52.6 Å². The Hall–Kier alpha value is -1.89. The van der Waals surface area contributed by atoms with Gasteiger partial charge < -0.3 is 5.32 Å². The van der Waals surface area contributed by atoms with Crippen LogP contribution in [0.5, 0.6) is 0 Å². The largest absolute Gasteiger partial charge is 0.376 e. The summed E-state index contributed by atoms with van der Waals surface area (Å²) in [5.74, 6) is -6.59. The van der Waals surface area contributed by atoms with Crippen LogP contribution in [0.25, 0.3) is 0 Å². The number of nitrogens with one attached hydrogen (secondary N) is 1. The zero-order valence-electron chi connectivity index (χ0n) is 9.22. The third-order valence-electron chi connectivity index (χ3n) is 2.26. The second-order valence-corrected chi connectivity index (χ2v) is 3.93. The Morgan fingerprint density at radius 2 is 1.68 bits per heavy atom. The van der Waals surface area contributed by atoms with E-state index in [0.29, 0.717) is 5.56 Å². The molecule has 0 aliphatic rings. The van der Waals surface area contributed by atoms with E-state index in [9.17, 15) is 17.6 Å². The van der Waals surface area contributed by atoms with Gasteiger partial charge in [-0.05, 0) is 11.6 Å². The summed E-state index contributed by atoms with van der Waals surface area (Å²) in [5.41, 5.74) is -0.388. The number of pyridine rings is 2. The van der Waals surface area contributed by atoms with Gasteiger partial charge in [-0.1, -0.05) is 17.7 Å². The average Bonchev–Trinajstić information content (AvgIpc) is 2.38. The number of rotatable bonds is 3. The van der Waals surface area contributed by atoms with Gasteiger partial charge in [-0.25, -0.2) is 4.98 Å². The Morgan fingerprint density at radius 1 is 1.05 bits per heavy atom. The summed E-state index contributed by atoms with van der Waals surface area (Å²) in [6, 6.07) is 3.02. The molecular weight excluding hydrogens is 286 g/mol. The van der Waals surface area contributed by atoms with E-state index in [4.69, 9.17) is 11.6 Å². The van der Waals surface area contributed by atoms with Crippen LogP contribution < -0.4 is 5.32 Å². The Bertz CT molecular complexity index is 578. The van der Waals surface area contributed by atoms with Crippen LogP contribution in [0.3, 0.4) is 0 Å². The molecule has 1 N–H and O–H groups in total. The molecule has 3 nitrogen and oxygen atoms in total. The van der Waals surface area contributed by atoms with Crippen molar-refractivity contribution in [2.45, 2.75) is 6.54 Å². The molecule has 2 heterocycles. The van der Waals surface area contributed by atoms with Crippen molar-refractivity contribution < 1.29 is 17.6 Å². The number of anilines is 1. The van der Waals surface area contributed by atoms with Crippen molar-refractivity contribution in [3.8, 4) is 0 Å². The van der Waals surface area contributed by atoms with Gasteiger partial charge in [0, 0.05) is 12.7 Å². The highest BCUT2D eigenvalue weighted by atomic mass is 35.5. The van der Waals surface area contributed by atoms with Crippen molar-refractivity contribution in [2.75, 3.05) is 5.32 Å². The second-order valence-electron chi connectivity index (χ2n) is 3.54. The van der Waals surface area contributed by atoms with Gasteiger partial charge in [0.1, 0.15) is 10.8 Å². The molecule has 2 aromatic rings. The van der Waals surface area contributed by atoms with E-state index in [1.54, 1.807) is 6.07 Å². The highest BCUT2D eigenvalue weighted by molar-refractivity contribution is 6.29. The molecule has 8 heteroatoms. The average molecular weight is 292 g/mol. The predicted octanol–water partition coefficient (Wildman–Crippen LogP) is 3.30. The Labute approximate surface area is 110 Å². The second kappa shape index (κ2) is 5.40. The fourth-order valence-corrected chi connectivity index (χ4v) is 1.46. The third-order valence-corrected chi connectivity index (χ3v) is 2.48. The fraction of sp³-hybridized carbons (Fsp3) is 0.0909. The van der Waals surface area contributed by atoms with Gasteiger partial charge in [-0.15, -0.1) is 0 Å². The molecule has 0 fully saturated rings. The van der Waals surface area contributed by atoms with E-state index >= 15 is 0 Å². The first kappa shape index (κ1) is 13.5. The lowest BCUT2D eigenvalue weighted by Gasteiger charge is -2.09. The van der Waals surface area contributed by atoms with Crippen LogP contribution in [0.4, 0.5) is 23.2 Å². The Balaban J connectivity index is 2.22. The zero-order valence-corrected chi connectivity index (χ0v) is 9.98. The van der Waals surface area contributed by atoms with E-state index in [2.05, 4.69) is 15.3 Å². The SMILES string of the molecule is Fc1nc(F)c(F)c(NCc2ccc(Cl)nc2)c1F. The minimum absolute atomic E-state index is 0.0824. The molecule has 0 unspecified atom stereocenters. The van der Waals surface area contributed by atoms with Crippen LogP contribution in [0.2, 0.25) is 5.15 Å². The van der Waals surface area contributed by atoms with E-state index in [1.165, 1.54) is 12.3 Å². The zero-order chi connectivity index (χ0) is 14.0. The molecule has 2 rings (SSSR count). The van der Waals surface area contributed by atoms with Gasteiger partial charge in [-0.3, -0.25) is 0 Å². The van der Waals surface area contributed by atoms with Gasteiger partial charge in [0.2, 0.25) is 11.6 Å². The van der Waals surface area contributed by atoms with Gasteiger partial charge in [0.15, 0.2) is 0 Å². The maximum atomic E-state index is 13.3. The molecule has 0 bridgehead atoms. The maximum Gasteiger partial charge on any atom is 0.253 e. The van der Waals surface area contributed by atoms with Crippen LogP contribution >= 0.6 is 11.6 Å². The van der Waals surface area contributed by atoms with E-state index in [-0.39, 0.29) is 11.7 Å². The number of aromatic nitrogens is 2. The number of hydrogen-bond acceptors (Lipinski definition) is 3. The van der Waals surface area contributed by atoms with Crippen LogP contribution in [0.15, 0.2) is 18.3 Å². The summed E-state index contributed by atoms with van der Waals surface area (Å²) in [6.45, 7) is -0.0824. The molecule has 19 heavy (non-hydrogen) atoms. The molecule has 100 valence electrons. The monoisotopic (exact) mass is 291 g/mol. The summed E-state index contributed by atoms with van der Waals surface area (Å²) in [5, 5.41) is 2.50. The molecule has 0 saturated carbocycles. The molecule has 0 spiro atoms. The molecule has 0 aliphatic carbocycles. The van der Waals surface area contributed by atoms with Crippen molar-refractivity contribution in [2.24, 2.45) is 0 Å². The van der Waals surface area contributed by atoms with Gasteiger partial charge >= 0.3 is 0 Å². The fourth-order valence-electron chi connectivity index (χ4n) is 1.34. The third kappa shape index (κ3) is 2.93. The van der Waals surface area contributed by atoms with Crippen LogP contribution in [0, 0.1) is 23.5 Å². The van der Waals surface area contributed by atoms with E-state index in [0.717, 1.165) is 0 Å². The summed E-state index contributed by atoms with van der Waals surface area (Å²) < 4.78 is 52.2. The summed E-state index contributed by atoms with van der Waals surface area (Å²) in [7, 11) is 0. The summed E-state index contributed by atoms with van der Waals surface area (Å²) in [6.07, 6.45) is 1.36. The highest BCUT2D eigenvalue weighted by Crippen LogP contribution is 2.22. The molecular formula is C11H6ClF4N3. The quantitative estimate of drug-likeness (QED) is 0.696. The van der Waals surface area contributed by atoms with Crippen molar-refractivity contribution >= 4 is 17.3 Å². The molecule has 0 amide bonds. The molecule has 0 saturated heterocycles. The normalized spacial score (nSPS) is 10.6. The summed E-state index contributed by atoms with van der Waals surface area (Å²) >= 11 is 5.56. The predicted molar refractivity (Wildman–Crippen MR) is 60.6 cm³/mol. The first-order valence-corrected chi connectivity index (χ1v) is 5.41. The molecule has 0 aromatic carbocycles. The van der Waals surface area contributed by atoms with Crippen LogP contribution in [0.1, 0.15) is 5.56 Å². The first-order valence-electron chi connectivity index (χ1n) is 5.03. The topological polar surface area (TPSA) is 37.8 Å². The summed E-state index contributed by atoms with van der Waals surface area (Å²) in [4.78, 5) is 6.20.